The molecule has 0 heterocycles. The van der Waals surface area contributed by atoms with Gasteiger partial charge in [-0.3, -0.25) is 0 Å². The maximum absolute atomic E-state index is 8.69. The Balaban J connectivity index is 2.42. The van der Waals surface area contributed by atoms with Gasteiger partial charge in [-0.05, 0) is 47.9 Å². The van der Waals surface area contributed by atoms with Gasteiger partial charge in [-0.2, -0.15) is 5.26 Å². The van der Waals surface area contributed by atoms with Crippen molar-refractivity contribution in [3.63, 3.8) is 0 Å². The molecule has 0 unspecified atom stereocenters. The Morgan fingerprint density at radius 2 is 1.80 bits per heavy atom. The van der Waals surface area contributed by atoms with Crippen molar-refractivity contribution >= 4 is 0 Å². The van der Waals surface area contributed by atoms with Gasteiger partial charge >= 0.3 is 0 Å². The van der Waals surface area contributed by atoms with Crippen LogP contribution in [0.3, 0.4) is 0 Å². The fraction of sp³-hybridized carbons (Fsp3) is 0.0714. The van der Waals surface area contributed by atoms with Crippen molar-refractivity contribution in [2.75, 3.05) is 0 Å². The number of nitrogens with zero attached hydrogens (tertiary/aromatic N) is 1. The van der Waals surface area contributed by atoms with E-state index < -0.39 is 0 Å². The lowest BCUT2D eigenvalue weighted by molar-refractivity contribution is 1.45. The van der Waals surface area contributed by atoms with Crippen LogP contribution in [0.5, 0.6) is 0 Å². The SMILES string of the molecule is Cc1c[c]cc(-c2ccc(C#N)cc2)c1. The number of hydrogen-bond donors (Lipinski definition) is 0. The van der Waals surface area contributed by atoms with Crippen molar-refractivity contribution in [1.29, 1.82) is 5.26 Å². The van der Waals surface area contributed by atoms with Crippen LogP contribution in [0, 0.1) is 24.3 Å². The molecule has 0 saturated carbocycles. The van der Waals surface area contributed by atoms with Gasteiger partial charge in [0.15, 0.2) is 0 Å². The van der Waals surface area contributed by atoms with Crippen LogP contribution in [0.4, 0.5) is 0 Å². The minimum Gasteiger partial charge on any atom is -0.192 e. The highest BCUT2D eigenvalue weighted by Gasteiger charge is 1.97. The van der Waals surface area contributed by atoms with E-state index in [-0.39, 0.29) is 0 Å². The summed E-state index contributed by atoms with van der Waals surface area (Å²) in [5.41, 5.74) is 4.14. The second kappa shape index (κ2) is 3.98. The van der Waals surface area contributed by atoms with Crippen LogP contribution >= 0.6 is 0 Å². The molecule has 2 rings (SSSR count). The zero-order valence-corrected chi connectivity index (χ0v) is 8.49. The first-order valence-corrected chi connectivity index (χ1v) is 4.78. The van der Waals surface area contributed by atoms with Crippen LogP contribution in [0.1, 0.15) is 11.1 Å². The molecule has 1 radical (unpaired) electrons. The predicted molar refractivity (Wildman–Crippen MR) is 60.2 cm³/mol. The van der Waals surface area contributed by atoms with Gasteiger partial charge < -0.3 is 0 Å². The molecule has 0 saturated heterocycles. The van der Waals surface area contributed by atoms with Gasteiger partial charge in [0.2, 0.25) is 0 Å². The molecule has 2 aromatic carbocycles. The predicted octanol–water partition coefficient (Wildman–Crippen LogP) is 3.33. The lowest BCUT2D eigenvalue weighted by atomic mass is 10.0. The lowest BCUT2D eigenvalue weighted by Gasteiger charge is -2.02. The minimum atomic E-state index is 0.690. The van der Waals surface area contributed by atoms with Crippen molar-refractivity contribution in [1.82, 2.24) is 0 Å². The number of rotatable bonds is 1. The molecule has 0 atom stereocenters. The maximum atomic E-state index is 8.69. The van der Waals surface area contributed by atoms with Crippen LogP contribution < -0.4 is 0 Å². The standard InChI is InChI=1S/C14H10N/c1-11-3-2-4-14(9-11)13-7-5-12(10-15)6-8-13/h3-9H,1H3. The number of nitriles is 1. The van der Waals surface area contributed by atoms with Crippen LogP contribution in [0.2, 0.25) is 0 Å². The summed E-state index contributed by atoms with van der Waals surface area (Å²) in [7, 11) is 0. The van der Waals surface area contributed by atoms with Gasteiger partial charge in [0.25, 0.3) is 0 Å². The molecule has 0 aromatic heterocycles. The molecule has 15 heavy (non-hydrogen) atoms. The smallest absolute Gasteiger partial charge is 0.0991 e. The van der Waals surface area contributed by atoms with E-state index in [2.05, 4.69) is 18.2 Å². The van der Waals surface area contributed by atoms with Gasteiger partial charge in [0.05, 0.1) is 11.6 Å². The zero-order valence-electron chi connectivity index (χ0n) is 8.49. The third kappa shape index (κ3) is 2.05. The Morgan fingerprint density at radius 1 is 1.07 bits per heavy atom. The summed E-state index contributed by atoms with van der Waals surface area (Å²) in [6.45, 7) is 2.05. The summed E-state index contributed by atoms with van der Waals surface area (Å²) < 4.78 is 0. The Labute approximate surface area is 89.6 Å². The number of aryl methyl sites for hydroxylation is 1. The van der Waals surface area contributed by atoms with E-state index in [0.717, 1.165) is 11.1 Å². The first-order valence-electron chi connectivity index (χ1n) is 4.78. The molecule has 0 aliphatic heterocycles. The highest BCUT2D eigenvalue weighted by Crippen LogP contribution is 2.20. The van der Waals surface area contributed by atoms with Crippen LogP contribution in [0.15, 0.2) is 42.5 Å². The van der Waals surface area contributed by atoms with Gasteiger partial charge in [0.1, 0.15) is 0 Å². The second-order valence-electron chi connectivity index (χ2n) is 3.49. The summed E-state index contributed by atoms with van der Waals surface area (Å²) in [5.74, 6) is 0. The Morgan fingerprint density at radius 3 is 2.40 bits per heavy atom. The zero-order chi connectivity index (χ0) is 10.7. The Kier molecular flexibility index (Phi) is 2.51. The van der Waals surface area contributed by atoms with E-state index >= 15 is 0 Å². The maximum Gasteiger partial charge on any atom is 0.0991 e. The van der Waals surface area contributed by atoms with Gasteiger partial charge in [-0.25, -0.2) is 0 Å². The van der Waals surface area contributed by atoms with Crippen molar-refractivity contribution < 1.29 is 0 Å². The number of hydrogen-bond acceptors (Lipinski definition) is 1. The van der Waals surface area contributed by atoms with Crippen molar-refractivity contribution in [2.45, 2.75) is 6.92 Å². The summed E-state index contributed by atoms with van der Waals surface area (Å²) in [6, 6.07) is 18.8. The quantitative estimate of drug-likeness (QED) is 0.679. The molecule has 0 N–H and O–H groups in total. The summed E-state index contributed by atoms with van der Waals surface area (Å²) >= 11 is 0. The molecule has 0 bridgehead atoms. The average molecular weight is 192 g/mol. The molecule has 0 aliphatic rings. The fourth-order valence-electron chi connectivity index (χ4n) is 1.50. The molecule has 0 amide bonds. The largest absolute Gasteiger partial charge is 0.192 e. The molecule has 0 aliphatic carbocycles. The van der Waals surface area contributed by atoms with E-state index in [4.69, 9.17) is 5.26 Å². The molecule has 0 spiro atoms. The van der Waals surface area contributed by atoms with E-state index in [9.17, 15) is 0 Å². The van der Waals surface area contributed by atoms with Crippen molar-refractivity contribution in [2.24, 2.45) is 0 Å². The van der Waals surface area contributed by atoms with E-state index in [1.807, 2.05) is 43.3 Å². The molecule has 2 aromatic rings. The fourth-order valence-corrected chi connectivity index (χ4v) is 1.50. The molecular weight excluding hydrogens is 182 g/mol. The topological polar surface area (TPSA) is 23.8 Å². The van der Waals surface area contributed by atoms with E-state index in [1.165, 1.54) is 5.56 Å². The normalized spacial score (nSPS) is 9.60. The Bertz CT molecular complexity index is 504. The van der Waals surface area contributed by atoms with E-state index in [0.29, 0.717) is 5.56 Å². The van der Waals surface area contributed by atoms with Crippen LogP contribution in [-0.4, -0.2) is 0 Å². The minimum absolute atomic E-state index is 0.690. The first-order chi connectivity index (χ1) is 7.29. The summed E-state index contributed by atoms with van der Waals surface area (Å²) in [4.78, 5) is 0. The third-order valence-corrected chi connectivity index (χ3v) is 2.28. The van der Waals surface area contributed by atoms with Crippen molar-refractivity contribution in [3.8, 4) is 17.2 Å². The second-order valence-corrected chi connectivity index (χ2v) is 3.49. The average Bonchev–Trinajstić information content (AvgIpc) is 2.29. The van der Waals surface area contributed by atoms with Gasteiger partial charge in [0, 0.05) is 0 Å². The third-order valence-electron chi connectivity index (χ3n) is 2.28. The Hall–Kier alpha value is -2.07. The lowest BCUT2D eigenvalue weighted by Crippen LogP contribution is -1.80. The monoisotopic (exact) mass is 192 g/mol. The van der Waals surface area contributed by atoms with E-state index in [1.54, 1.807) is 0 Å². The van der Waals surface area contributed by atoms with Crippen molar-refractivity contribution in [3.05, 3.63) is 59.7 Å². The van der Waals surface area contributed by atoms with Gasteiger partial charge in [-0.15, -0.1) is 0 Å². The molecular formula is C14H10N. The molecule has 1 heteroatoms. The number of benzene rings is 2. The van der Waals surface area contributed by atoms with Crippen LogP contribution in [0.25, 0.3) is 11.1 Å². The highest BCUT2D eigenvalue weighted by molar-refractivity contribution is 5.64. The molecule has 1 nitrogen and oxygen atoms in total. The first kappa shape index (κ1) is 9.48. The molecule has 71 valence electrons. The summed E-state index contributed by atoms with van der Waals surface area (Å²) in [5, 5.41) is 8.69. The molecule has 0 fully saturated rings. The summed E-state index contributed by atoms with van der Waals surface area (Å²) in [6.07, 6.45) is 0. The highest BCUT2D eigenvalue weighted by atomic mass is 14.2. The van der Waals surface area contributed by atoms with Gasteiger partial charge in [-0.1, -0.05) is 24.3 Å². The van der Waals surface area contributed by atoms with Crippen LogP contribution in [-0.2, 0) is 0 Å².